The molecule has 18 heavy (non-hydrogen) atoms. The van der Waals surface area contributed by atoms with Crippen molar-refractivity contribution < 1.29 is 0 Å². The van der Waals surface area contributed by atoms with E-state index in [2.05, 4.69) is 71.3 Å². The first-order valence-electron chi connectivity index (χ1n) is 6.28. The van der Waals surface area contributed by atoms with Crippen molar-refractivity contribution in [2.75, 3.05) is 0 Å². The van der Waals surface area contributed by atoms with Crippen LogP contribution in [0.5, 0.6) is 0 Å². The minimum Gasteiger partial charge on any atom is -0.220 e. The Labute approximate surface area is 116 Å². The van der Waals surface area contributed by atoms with Crippen molar-refractivity contribution in [1.29, 1.82) is 0 Å². The molecular formula is C14H18BrN3. The van der Waals surface area contributed by atoms with Crippen molar-refractivity contribution in [2.45, 2.75) is 37.9 Å². The van der Waals surface area contributed by atoms with Crippen LogP contribution in [0.1, 0.15) is 49.2 Å². The molecule has 0 spiro atoms. The van der Waals surface area contributed by atoms with Crippen molar-refractivity contribution >= 4 is 15.9 Å². The highest BCUT2D eigenvalue weighted by Gasteiger charge is 2.10. The maximum absolute atomic E-state index is 4.19. The van der Waals surface area contributed by atoms with E-state index >= 15 is 0 Å². The van der Waals surface area contributed by atoms with Crippen LogP contribution in [-0.4, -0.2) is 15.0 Å². The van der Waals surface area contributed by atoms with Crippen molar-refractivity contribution in [3.63, 3.8) is 0 Å². The third kappa shape index (κ3) is 2.80. The summed E-state index contributed by atoms with van der Waals surface area (Å²) in [6.45, 7) is 6.51. The second-order valence-electron chi connectivity index (χ2n) is 4.71. The van der Waals surface area contributed by atoms with Crippen LogP contribution in [0.15, 0.2) is 30.5 Å². The Morgan fingerprint density at radius 2 is 1.89 bits per heavy atom. The summed E-state index contributed by atoms with van der Waals surface area (Å²) in [5.41, 5.74) is 3.37. The largest absolute Gasteiger partial charge is 0.220 e. The molecular weight excluding hydrogens is 290 g/mol. The maximum atomic E-state index is 4.19. The van der Waals surface area contributed by atoms with Crippen molar-refractivity contribution in [1.82, 2.24) is 15.0 Å². The lowest BCUT2D eigenvalue weighted by Gasteiger charge is -2.06. The highest BCUT2D eigenvalue weighted by molar-refractivity contribution is 9.09. The molecule has 0 radical (unpaired) electrons. The number of benzene rings is 1. The fourth-order valence-electron chi connectivity index (χ4n) is 1.77. The molecule has 0 saturated heterocycles. The molecule has 4 heteroatoms. The van der Waals surface area contributed by atoms with Crippen molar-refractivity contribution in [3.05, 3.63) is 41.7 Å². The Kier molecular flexibility index (Phi) is 4.17. The van der Waals surface area contributed by atoms with Crippen LogP contribution in [0.4, 0.5) is 0 Å². The Morgan fingerprint density at radius 1 is 1.22 bits per heavy atom. The molecule has 0 saturated carbocycles. The van der Waals surface area contributed by atoms with Crippen LogP contribution in [0.2, 0.25) is 0 Å². The number of rotatable bonds is 4. The highest BCUT2D eigenvalue weighted by atomic mass is 79.9. The average molecular weight is 308 g/mol. The Balaban J connectivity index is 2.23. The summed E-state index contributed by atoms with van der Waals surface area (Å²) >= 11 is 3.59. The van der Waals surface area contributed by atoms with Crippen LogP contribution >= 0.6 is 15.9 Å². The number of nitrogens with zero attached hydrogens (tertiary/aromatic N) is 3. The summed E-state index contributed by atoms with van der Waals surface area (Å²) in [7, 11) is 0. The molecule has 0 bridgehead atoms. The van der Waals surface area contributed by atoms with Gasteiger partial charge in [-0.3, -0.25) is 0 Å². The molecule has 3 nitrogen and oxygen atoms in total. The molecule has 1 aromatic heterocycles. The predicted molar refractivity (Wildman–Crippen MR) is 77.4 cm³/mol. The Morgan fingerprint density at radius 3 is 2.44 bits per heavy atom. The van der Waals surface area contributed by atoms with Gasteiger partial charge < -0.3 is 0 Å². The molecule has 0 fully saturated rings. The molecule has 0 aliphatic carbocycles. The second kappa shape index (κ2) is 5.65. The van der Waals surface area contributed by atoms with Gasteiger partial charge in [0.05, 0.1) is 22.4 Å². The lowest BCUT2D eigenvalue weighted by atomic mass is 10.0. The number of aromatic nitrogens is 3. The second-order valence-corrected chi connectivity index (χ2v) is 5.82. The van der Waals surface area contributed by atoms with Crippen LogP contribution in [0, 0.1) is 0 Å². The van der Waals surface area contributed by atoms with Crippen LogP contribution < -0.4 is 0 Å². The van der Waals surface area contributed by atoms with E-state index in [-0.39, 0.29) is 4.83 Å². The van der Waals surface area contributed by atoms with E-state index in [1.54, 1.807) is 0 Å². The van der Waals surface area contributed by atoms with Gasteiger partial charge in [0.1, 0.15) is 0 Å². The Hall–Kier alpha value is -1.16. The summed E-state index contributed by atoms with van der Waals surface area (Å²) in [4.78, 5) is 0.279. The third-order valence-corrected chi connectivity index (χ3v) is 4.13. The summed E-state index contributed by atoms with van der Waals surface area (Å²) in [6, 6.07) is 8.46. The van der Waals surface area contributed by atoms with Crippen LogP contribution in [-0.2, 0) is 0 Å². The summed E-state index contributed by atoms with van der Waals surface area (Å²) in [5.74, 6) is 0.553. The monoisotopic (exact) mass is 307 g/mol. The molecule has 0 N–H and O–H groups in total. The van der Waals surface area contributed by atoms with Gasteiger partial charge in [0, 0.05) is 0 Å². The lowest BCUT2D eigenvalue weighted by molar-refractivity contribution is 0.788. The van der Waals surface area contributed by atoms with E-state index < -0.39 is 0 Å². The number of alkyl halides is 1. The zero-order valence-electron chi connectivity index (χ0n) is 11.0. The van der Waals surface area contributed by atoms with Gasteiger partial charge in [-0.2, -0.15) is 0 Å². The summed E-state index contributed by atoms with van der Waals surface area (Å²) in [5, 5.41) is 8.35. The lowest BCUT2D eigenvalue weighted by Crippen LogP contribution is -1.95. The molecule has 0 aliphatic rings. The smallest absolute Gasteiger partial charge is 0.0967 e. The van der Waals surface area contributed by atoms with Gasteiger partial charge >= 0.3 is 0 Å². The van der Waals surface area contributed by atoms with Crippen LogP contribution in [0.3, 0.4) is 0 Å². The molecule has 1 aromatic carbocycles. The van der Waals surface area contributed by atoms with Crippen molar-refractivity contribution in [2.24, 2.45) is 0 Å². The van der Waals surface area contributed by atoms with Gasteiger partial charge in [0.25, 0.3) is 0 Å². The number of hydrogen-bond acceptors (Lipinski definition) is 2. The van der Waals surface area contributed by atoms with Gasteiger partial charge in [-0.1, -0.05) is 54.0 Å². The average Bonchev–Trinajstić information content (AvgIpc) is 2.87. The van der Waals surface area contributed by atoms with Crippen molar-refractivity contribution in [3.8, 4) is 5.69 Å². The first kappa shape index (κ1) is 13.3. The molecule has 1 unspecified atom stereocenters. The zero-order valence-corrected chi connectivity index (χ0v) is 12.6. The Bertz CT molecular complexity index is 502. The van der Waals surface area contributed by atoms with E-state index in [4.69, 9.17) is 0 Å². The molecule has 0 aliphatic heterocycles. The first-order chi connectivity index (χ1) is 8.61. The number of halogens is 1. The molecule has 0 amide bonds. The van der Waals surface area contributed by atoms with E-state index in [0.29, 0.717) is 5.92 Å². The predicted octanol–water partition coefficient (Wildman–Crippen LogP) is 4.24. The van der Waals surface area contributed by atoms with Gasteiger partial charge in [-0.25, -0.2) is 4.68 Å². The fraction of sp³-hybridized carbons (Fsp3) is 0.429. The van der Waals surface area contributed by atoms with Gasteiger partial charge in [0.2, 0.25) is 0 Å². The maximum Gasteiger partial charge on any atom is 0.0967 e. The molecule has 2 rings (SSSR count). The zero-order chi connectivity index (χ0) is 13.1. The van der Waals surface area contributed by atoms with E-state index in [1.165, 1.54) is 5.56 Å². The minimum atomic E-state index is 0.279. The summed E-state index contributed by atoms with van der Waals surface area (Å²) < 4.78 is 1.82. The van der Waals surface area contributed by atoms with Gasteiger partial charge in [-0.15, -0.1) is 5.10 Å². The quantitative estimate of drug-likeness (QED) is 0.791. The van der Waals surface area contributed by atoms with E-state index in [0.717, 1.165) is 17.8 Å². The third-order valence-electron chi connectivity index (χ3n) is 3.01. The molecule has 1 heterocycles. The van der Waals surface area contributed by atoms with E-state index in [1.807, 2.05) is 10.9 Å². The van der Waals surface area contributed by atoms with Gasteiger partial charge in [-0.05, 0) is 30.0 Å². The van der Waals surface area contributed by atoms with Gasteiger partial charge in [0.15, 0.2) is 0 Å². The normalized spacial score (nSPS) is 12.9. The topological polar surface area (TPSA) is 30.7 Å². The fourth-order valence-corrected chi connectivity index (χ4v) is 1.98. The molecule has 96 valence electrons. The molecule has 1 atom stereocenters. The van der Waals surface area contributed by atoms with Crippen LogP contribution in [0.25, 0.3) is 5.69 Å². The SMILES string of the molecule is CCC(Br)c1cn(-c2ccc(C(C)C)cc2)nn1. The van der Waals surface area contributed by atoms with E-state index in [9.17, 15) is 0 Å². The molecule has 2 aromatic rings. The first-order valence-corrected chi connectivity index (χ1v) is 7.20. The standard InChI is InChI=1S/C14H18BrN3/c1-4-13(15)14-9-18(17-16-14)12-7-5-11(6-8-12)10(2)3/h5-10,13H,4H2,1-3H3. The minimum absolute atomic E-state index is 0.279. The summed E-state index contributed by atoms with van der Waals surface area (Å²) in [6.07, 6.45) is 2.98. The number of hydrogen-bond donors (Lipinski definition) is 0. The highest BCUT2D eigenvalue weighted by Crippen LogP contribution is 2.24.